The molecule has 0 saturated heterocycles. The zero-order valence-corrected chi connectivity index (χ0v) is 11.1. The summed E-state index contributed by atoms with van der Waals surface area (Å²) in [5.74, 6) is 0.610. The highest BCUT2D eigenvalue weighted by Gasteiger charge is 2.07. The molecule has 0 fully saturated rings. The number of imidazole rings is 1. The number of hydrogen-bond acceptors (Lipinski definition) is 2. The van der Waals surface area contributed by atoms with Crippen LogP contribution in [0.3, 0.4) is 0 Å². The van der Waals surface area contributed by atoms with Gasteiger partial charge in [-0.05, 0) is 56.6 Å². The zero-order chi connectivity index (χ0) is 12.4. The number of hydrogen-bond donors (Lipinski definition) is 1. The van der Waals surface area contributed by atoms with Crippen LogP contribution >= 0.6 is 0 Å². The number of fused-ring (bicyclic) bond motifs is 1. The highest BCUT2D eigenvalue weighted by atomic mass is 15.0. The molecule has 3 heteroatoms. The van der Waals surface area contributed by atoms with Crippen LogP contribution in [-0.2, 0) is 6.54 Å². The van der Waals surface area contributed by atoms with Crippen LogP contribution in [-0.4, -0.2) is 23.1 Å². The largest absolute Gasteiger partial charge is 0.330 e. The van der Waals surface area contributed by atoms with Crippen LogP contribution < -0.4 is 5.32 Å². The van der Waals surface area contributed by atoms with Crippen molar-refractivity contribution in [3.63, 3.8) is 0 Å². The first-order valence-electron chi connectivity index (χ1n) is 6.18. The summed E-state index contributed by atoms with van der Waals surface area (Å²) in [6.07, 6.45) is 1.95. The number of nitrogens with one attached hydrogen (secondary N) is 1. The van der Waals surface area contributed by atoms with Crippen molar-refractivity contribution in [3.05, 3.63) is 29.6 Å². The molecular formula is C14H21N3. The average Bonchev–Trinajstić information content (AvgIpc) is 2.63. The second kappa shape index (κ2) is 4.88. The Morgan fingerprint density at radius 3 is 2.71 bits per heavy atom. The molecule has 3 nitrogen and oxygen atoms in total. The van der Waals surface area contributed by atoms with Crippen molar-refractivity contribution in [2.24, 2.45) is 5.92 Å². The molecular weight excluding hydrogens is 210 g/mol. The molecule has 1 atom stereocenters. The van der Waals surface area contributed by atoms with Gasteiger partial charge in [-0.1, -0.05) is 6.92 Å². The van der Waals surface area contributed by atoms with Crippen molar-refractivity contribution in [2.45, 2.75) is 27.3 Å². The molecule has 0 amide bonds. The normalized spacial score (nSPS) is 13.2. The molecule has 1 aromatic carbocycles. The van der Waals surface area contributed by atoms with E-state index >= 15 is 0 Å². The smallest absolute Gasteiger partial charge is 0.0958 e. The number of benzene rings is 1. The minimum atomic E-state index is 0.610. The van der Waals surface area contributed by atoms with Crippen LogP contribution in [0.25, 0.3) is 11.0 Å². The molecule has 0 aliphatic rings. The summed E-state index contributed by atoms with van der Waals surface area (Å²) < 4.78 is 2.25. The lowest BCUT2D eigenvalue weighted by atomic mass is 10.1. The third-order valence-corrected chi connectivity index (χ3v) is 3.30. The Labute approximate surface area is 103 Å². The fourth-order valence-corrected chi connectivity index (χ4v) is 2.21. The van der Waals surface area contributed by atoms with Crippen LogP contribution in [0.2, 0.25) is 0 Å². The molecule has 0 saturated carbocycles. The van der Waals surface area contributed by atoms with Crippen molar-refractivity contribution >= 4 is 11.0 Å². The van der Waals surface area contributed by atoms with Crippen molar-refractivity contribution in [1.82, 2.24) is 14.9 Å². The molecule has 1 unspecified atom stereocenters. The maximum Gasteiger partial charge on any atom is 0.0958 e. The van der Waals surface area contributed by atoms with Crippen LogP contribution in [0.15, 0.2) is 18.5 Å². The Balaban J connectivity index is 2.32. The Morgan fingerprint density at radius 2 is 2.00 bits per heavy atom. The van der Waals surface area contributed by atoms with E-state index in [4.69, 9.17) is 0 Å². The van der Waals surface area contributed by atoms with E-state index in [0.717, 1.165) is 18.6 Å². The monoisotopic (exact) mass is 231 g/mol. The molecule has 92 valence electrons. The summed E-state index contributed by atoms with van der Waals surface area (Å²) in [7, 11) is 2.00. The van der Waals surface area contributed by atoms with Gasteiger partial charge in [0.15, 0.2) is 0 Å². The molecule has 0 aliphatic heterocycles. The predicted molar refractivity (Wildman–Crippen MR) is 72.3 cm³/mol. The molecule has 0 bridgehead atoms. The minimum absolute atomic E-state index is 0.610. The fraction of sp³-hybridized carbons (Fsp3) is 0.500. The van der Waals surface area contributed by atoms with Crippen molar-refractivity contribution in [3.8, 4) is 0 Å². The summed E-state index contributed by atoms with van der Waals surface area (Å²) >= 11 is 0. The number of aryl methyl sites for hydroxylation is 2. The number of rotatable bonds is 4. The van der Waals surface area contributed by atoms with Gasteiger partial charge in [-0.25, -0.2) is 4.98 Å². The van der Waals surface area contributed by atoms with Gasteiger partial charge in [-0.15, -0.1) is 0 Å². The van der Waals surface area contributed by atoms with Crippen molar-refractivity contribution in [1.29, 1.82) is 0 Å². The van der Waals surface area contributed by atoms with Gasteiger partial charge in [-0.2, -0.15) is 0 Å². The summed E-state index contributed by atoms with van der Waals surface area (Å²) in [5, 5.41) is 3.21. The highest BCUT2D eigenvalue weighted by Crippen LogP contribution is 2.19. The first-order valence-corrected chi connectivity index (χ1v) is 6.18. The highest BCUT2D eigenvalue weighted by molar-refractivity contribution is 5.77. The quantitative estimate of drug-likeness (QED) is 0.876. The van der Waals surface area contributed by atoms with Gasteiger partial charge >= 0.3 is 0 Å². The van der Waals surface area contributed by atoms with Gasteiger partial charge in [0.25, 0.3) is 0 Å². The van der Waals surface area contributed by atoms with Gasteiger partial charge in [0.2, 0.25) is 0 Å². The minimum Gasteiger partial charge on any atom is -0.330 e. The third-order valence-electron chi connectivity index (χ3n) is 3.30. The van der Waals surface area contributed by atoms with Crippen LogP contribution in [0.4, 0.5) is 0 Å². The molecule has 0 radical (unpaired) electrons. The van der Waals surface area contributed by atoms with Gasteiger partial charge in [0.1, 0.15) is 0 Å². The number of aromatic nitrogens is 2. The molecule has 17 heavy (non-hydrogen) atoms. The van der Waals surface area contributed by atoms with E-state index in [-0.39, 0.29) is 0 Å². The lowest BCUT2D eigenvalue weighted by molar-refractivity contribution is 0.469. The summed E-state index contributed by atoms with van der Waals surface area (Å²) in [6, 6.07) is 4.41. The molecule has 1 N–H and O–H groups in total. The zero-order valence-electron chi connectivity index (χ0n) is 11.1. The van der Waals surface area contributed by atoms with E-state index in [1.54, 1.807) is 0 Å². The Hall–Kier alpha value is -1.35. The van der Waals surface area contributed by atoms with E-state index < -0.39 is 0 Å². The molecule has 0 spiro atoms. The van der Waals surface area contributed by atoms with Gasteiger partial charge in [0, 0.05) is 6.54 Å². The van der Waals surface area contributed by atoms with Gasteiger partial charge in [0.05, 0.1) is 17.4 Å². The van der Waals surface area contributed by atoms with Crippen LogP contribution in [0.5, 0.6) is 0 Å². The molecule has 0 aliphatic carbocycles. The Morgan fingerprint density at radius 1 is 1.29 bits per heavy atom. The second-order valence-corrected chi connectivity index (χ2v) is 4.98. The fourth-order valence-electron chi connectivity index (χ4n) is 2.21. The first kappa shape index (κ1) is 12.1. The van der Waals surface area contributed by atoms with Gasteiger partial charge in [-0.3, -0.25) is 0 Å². The Kier molecular flexibility index (Phi) is 3.48. The molecule has 2 rings (SSSR count). The standard InChI is InChI=1S/C14H21N3/c1-10(7-15-4)8-17-9-16-13-5-11(2)12(3)6-14(13)17/h5-6,9-10,15H,7-8H2,1-4H3. The number of nitrogens with zero attached hydrogens (tertiary/aromatic N) is 2. The van der Waals surface area contributed by atoms with E-state index in [9.17, 15) is 0 Å². The predicted octanol–water partition coefficient (Wildman–Crippen LogP) is 2.51. The summed E-state index contributed by atoms with van der Waals surface area (Å²) in [4.78, 5) is 4.48. The van der Waals surface area contributed by atoms with Gasteiger partial charge < -0.3 is 9.88 Å². The van der Waals surface area contributed by atoms with E-state index in [0.29, 0.717) is 5.92 Å². The molecule has 1 heterocycles. The summed E-state index contributed by atoms with van der Waals surface area (Å²) in [5.41, 5.74) is 4.99. The topological polar surface area (TPSA) is 29.9 Å². The first-order chi connectivity index (χ1) is 8.11. The second-order valence-electron chi connectivity index (χ2n) is 4.98. The SMILES string of the molecule is CNCC(C)Cn1cnc2cc(C)c(C)cc21. The summed E-state index contributed by atoms with van der Waals surface area (Å²) in [6.45, 7) is 8.59. The lowest BCUT2D eigenvalue weighted by Crippen LogP contribution is -2.20. The molecule has 1 aromatic heterocycles. The van der Waals surface area contributed by atoms with E-state index in [1.807, 2.05) is 13.4 Å². The third kappa shape index (κ3) is 2.50. The maximum absolute atomic E-state index is 4.48. The average molecular weight is 231 g/mol. The van der Waals surface area contributed by atoms with Crippen LogP contribution in [0.1, 0.15) is 18.1 Å². The maximum atomic E-state index is 4.48. The molecule has 2 aromatic rings. The van der Waals surface area contributed by atoms with E-state index in [2.05, 4.69) is 47.8 Å². The van der Waals surface area contributed by atoms with E-state index in [1.165, 1.54) is 16.6 Å². The van der Waals surface area contributed by atoms with Crippen molar-refractivity contribution in [2.75, 3.05) is 13.6 Å². The Bertz CT molecular complexity index is 513. The van der Waals surface area contributed by atoms with Crippen LogP contribution in [0, 0.1) is 19.8 Å². The van der Waals surface area contributed by atoms with Crippen molar-refractivity contribution < 1.29 is 0 Å². The lowest BCUT2D eigenvalue weighted by Gasteiger charge is -2.12.